The summed E-state index contributed by atoms with van der Waals surface area (Å²) in [5, 5.41) is 13.7. The minimum absolute atomic E-state index is 0.137. The van der Waals surface area contributed by atoms with Crippen LogP contribution in [0.1, 0.15) is 42.5 Å². The Labute approximate surface area is 129 Å². The van der Waals surface area contributed by atoms with Gasteiger partial charge in [-0.1, -0.05) is 19.3 Å². The minimum atomic E-state index is -1.28. The van der Waals surface area contributed by atoms with Crippen molar-refractivity contribution < 1.29 is 14.7 Å². The van der Waals surface area contributed by atoms with Crippen molar-refractivity contribution in [3.63, 3.8) is 0 Å². The summed E-state index contributed by atoms with van der Waals surface area (Å²) in [5.74, 6) is -1.73. The highest BCUT2D eigenvalue weighted by Gasteiger charge is 2.41. The standard InChI is InChI=1S/C14H15N3O4S/c18-10(16-14(12(20)21)4-2-1-3-5-14)9-8-15-13-17(11(9)19)6-7-22-13/h6-8H,1-5H2,(H,16,18)(H,20,21). The van der Waals surface area contributed by atoms with E-state index in [0.717, 1.165) is 19.3 Å². The molecule has 1 saturated carbocycles. The van der Waals surface area contributed by atoms with Gasteiger partial charge in [-0.05, 0) is 12.8 Å². The molecule has 2 N–H and O–H groups in total. The van der Waals surface area contributed by atoms with Crippen molar-refractivity contribution in [1.29, 1.82) is 0 Å². The molecule has 3 rings (SSSR count). The second-order valence-electron chi connectivity index (χ2n) is 5.43. The van der Waals surface area contributed by atoms with E-state index in [0.29, 0.717) is 17.8 Å². The third-order valence-corrected chi connectivity index (χ3v) is 4.83. The molecule has 0 bridgehead atoms. The van der Waals surface area contributed by atoms with E-state index in [2.05, 4.69) is 10.3 Å². The second-order valence-corrected chi connectivity index (χ2v) is 6.31. The van der Waals surface area contributed by atoms with Gasteiger partial charge in [0.25, 0.3) is 11.5 Å². The molecule has 2 heterocycles. The lowest BCUT2D eigenvalue weighted by atomic mass is 9.81. The Morgan fingerprint density at radius 1 is 1.32 bits per heavy atom. The maximum Gasteiger partial charge on any atom is 0.329 e. The van der Waals surface area contributed by atoms with Gasteiger partial charge in [0.2, 0.25) is 0 Å². The Hall–Kier alpha value is -2.22. The van der Waals surface area contributed by atoms with Crippen LogP contribution in [-0.2, 0) is 4.79 Å². The van der Waals surface area contributed by atoms with Gasteiger partial charge >= 0.3 is 5.97 Å². The van der Waals surface area contributed by atoms with Crippen molar-refractivity contribution in [2.75, 3.05) is 0 Å². The quantitative estimate of drug-likeness (QED) is 0.886. The highest BCUT2D eigenvalue weighted by molar-refractivity contribution is 7.15. The van der Waals surface area contributed by atoms with Crippen LogP contribution < -0.4 is 10.9 Å². The molecule has 22 heavy (non-hydrogen) atoms. The molecule has 7 nitrogen and oxygen atoms in total. The van der Waals surface area contributed by atoms with Gasteiger partial charge in [-0.15, -0.1) is 11.3 Å². The van der Waals surface area contributed by atoms with Crippen molar-refractivity contribution in [1.82, 2.24) is 14.7 Å². The first-order valence-corrected chi connectivity index (χ1v) is 7.92. The average Bonchev–Trinajstić information content (AvgIpc) is 2.97. The number of carboxylic acids is 1. The summed E-state index contributed by atoms with van der Waals surface area (Å²) < 4.78 is 1.29. The smallest absolute Gasteiger partial charge is 0.329 e. The Kier molecular flexibility index (Phi) is 3.69. The molecule has 0 spiro atoms. The van der Waals surface area contributed by atoms with Crippen molar-refractivity contribution in [3.8, 4) is 0 Å². The molecule has 1 aliphatic carbocycles. The molecule has 8 heteroatoms. The number of carbonyl (C=O) groups is 2. The number of rotatable bonds is 3. The lowest BCUT2D eigenvalue weighted by Crippen LogP contribution is -2.56. The lowest BCUT2D eigenvalue weighted by Gasteiger charge is -2.33. The zero-order valence-corrected chi connectivity index (χ0v) is 12.6. The average molecular weight is 321 g/mol. The molecule has 2 aromatic heterocycles. The SMILES string of the molecule is O=C(NC1(C(=O)O)CCCCC1)c1cnc2sccn2c1=O. The Bertz CT molecular complexity index is 789. The summed E-state index contributed by atoms with van der Waals surface area (Å²) in [6, 6.07) is 0. The van der Waals surface area contributed by atoms with Crippen LogP contribution in [0.4, 0.5) is 0 Å². The first-order chi connectivity index (χ1) is 10.5. The molecule has 0 unspecified atom stereocenters. The van der Waals surface area contributed by atoms with Crippen LogP contribution in [0.5, 0.6) is 0 Å². The van der Waals surface area contributed by atoms with Crippen molar-refractivity contribution in [2.24, 2.45) is 0 Å². The number of fused-ring (bicyclic) bond motifs is 1. The fourth-order valence-corrected chi connectivity index (χ4v) is 3.49. The number of hydrogen-bond acceptors (Lipinski definition) is 5. The topological polar surface area (TPSA) is 101 Å². The van der Waals surface area contributed by atoms with Gasteiger partial charge in [0.15, 0.2) is 4.96 Å². The van der Waals surface area contributed by atoms with Gasteiger partial charge in [0, 0.05) is 17.8 Å². The monoisotopic (exact) mass is 321 g/mol. The molecule has 1 aliphatic rings. The van der Waals surface area contributed by atoms with Gasteiger partial charge < -0.3 is 10.4 Å². The third kappa shape index (κ3) is 2.39. The summed E-state index contributed by atoms with van der Waals surface area (Å²) in [5.41, 5.74) is -1.90. The van der Waals surface area contributed by atoms with E-state index >= 15 is 0 Å². The molecule has 1 fully saturated rings. The first-order valence-electron chi connectivity index (χ1n) is 7.04. The summed E-state index contributed by atoms with van der Waals surface area (Å²) in [7, 11) is 0. The Morgan fingerprint density at radius 2 is 2.05 bits per heavy atom. The lowest BCUT2D eigenvalue weighted by molar-refractivity contribution is -0.145. The summed E-state index contributed by atoms with van der Waals surface area (Å²) >= 11 is 1.29. The van der Waals surface area contributed by atoms with Gasteiger partial charge in [-0.3, -0.25) is 14.0 Å². The number of aromatic nitrogens is 2. The summed E-state index contributed by atoms with van der Waals surface area (Å²) in [6.45, 7) is 0. The number of carbonyl (C=O) groups excluding carboxylic acids is 1. The maximum atomic E-state index is 12.4. The molecule has 0 radical (unpaired) electrons. The van der Waals surface area contributed by atoms with E-state index in [-0.39, 0.29) is 5.56 Å². The van der Waals surface area contributed by atoms with Crippen molar-refractivity contribution >= 4 is 28.2 Å². The summed E-state index contributed by atoms with van der Waals surface area (Å²) in [6.07, 6.45) is 5.95. The largest absolute Gasteiger partial charge is 0.480 e. The molecule has 0 saturated heterocycles. The molecule has 116 valence electrons. The Morgan fingerprint density at radius 3 is 2.73 bits per heavy atom. The van der Waals surface area contributed by atoms with Crippen molar-refractivity contribution in [2.45, 2.75) is 37.6 Å². The highest BCUT2D eigenvalue weighted by Crippen LogP contribution is 2.28. The predicted octanol–water partition coefficient (Wildman–Crippen LogP) is 1.27. The number of thiazole rings is 1. The van der Waals surface area contributed by atoms with Gasteiger partial charge in [-0.2, -0.15) is 0 Å². The third-order valence-electron chi connectivity index (χ3n) is 4.06. The predicted molar refractivity (Wildman–Crippen MR) is 80.3 cm³/mol. The summed E-state index contributed by atoms with van der Waals surface area (Å²) in [4.78, 5) is 40.8. The fourth-order valence-electron chi connectivity index (χ4n) is 2.81. The van der Waals surface area contributed by atoms with E-state index < -0.39 is 23.0 Å². The van der Waals surface area contributed by atoms with E-state index in [1.807, 2.05) is 0 Å². The van der Waals surface area contributed by atoms with Crippen LogP contribution in [0.15, 0.2) is 22.6 Å². The number of hydrogen-bond donors (Lipinski definition) is 2. The minimum Gasteiger partial charge on any atom is -0.480 e. The van der Waals surface area contributed by atoms with Crippen LogP contribution in [0.3, 0.4) is 0 Å². The molecule has 2 aromatic rings. The molecule has 0 aliphatic heterocycles. The first kappa shape index (κ1) is 14.7. The number of carboxylic acid groups (broad SMARTS) is 1. The van der Waals surface area contributed by atoms with E-state index in [1.165, 1.54) is 21.9 Å². The molecule has 0 atom stereocenters. The molecular formula is C14H15N3O4S. The zero-order valence-electron chi connectivity index (χ0n) is 11.7. The highest BCUT2D eigenvalue weighted by atomic mass is 32.1. The van der Waals surface area contributed by atoms with Crippen molar-refractivity contribution in [3.05, 3.63) is 33.7 Å². The zero-order chi connectivity index (χ0) is 15.7. The van der Waals surface area contributed by atoms with Crippen LogP contribution in [0, 0.1) is 0 Å². The van der Waals surface area contributed by atoms with E-state index in [9.17, 15) is 19.5 Å². The number of amides is 1. The number of nitrogens with zero attached hydrogens (tertiary/aromatic N) is 2. The van der Waals surface area contributed by atoms with Gasteiger partial charge in [0.05, 0.1) is 0 Å². The maximum absolute atomic E-state index is 12.4. The van der Waals surface area contributed by atoms with Gasteiger partial charge in [-0.25, -0.2) is 9.78 Å². The van der Waals surface area contributed by atoms with Crippen LogP contribution >= 0.6 is 11.3 Å². The molecule has 1 amide bonds. The molecule has 0 aromatic carbocycles. The number of aliphatic carboxylic acids is 1. The number of nitrogens with one attached hydrogen (secondary N) is 1. The van der Waals surface area contributed by atoms with Crippen LogP contribution in [0.2, 0.25) is 0 Å². The van der Waals surface area contributed by atoms with Crippen LogP contribution in [0.25, 0.3) is 4.96 Å². The van der Waals surface area contributed by atoms with E-state index in [4.69, 9.17) is 0 Å². The molecular weight excluding hydrogens is 306 g/mol. The van der Waals surface area contributed by atoms with Crippen LogP contribution in [-0.4, -0.2) is 31.9 Å². The van der Waals surface area contributed by atoms with E-state index in [1.54, 1.807) is 11.6 Å². The second kappa shape index (κ2) is 5.53. The fraction of sp³-hybridized carbons (Fsp3) is 0.429. The Balaban J connectivity index is 1.93. The van der Waals surface area contributed by atoms with Gasteiger partial charge in [0.1, 0.15) is 11.1 Å². The normalized spacial score (nSPS) is 17.3.